The predicted octanol–water partition coefficient (Wildman–Crippen LogP) is 3.23. The molecule has 7 nitrogen and oxygen atoms in total. The van der Waals surface area contributed by atoms with Crippen LogP contribution in [0.2, 0.25) is 0 Å². The van der Waals surface area contributed by atoms with E-state index in [0.29, 0.717) is 6.54 Å². The van der Waals surface area contributed by atoms with Gasteiger partial charge in [-0.15, -0.1) is 10.2 Å². The molecule has 2 aromatic carbocycles. The maximum Gasteiger partial charge on any atom is 0.494 e. The first kappa shape index (κ1) is 20.9. The maximum atomic E-state index is 6.20. The normalized spacial score (nSPS) is 18.6. The maximum absolute atomic E-state index is 6.20. The molecule has 0 N–H and O–H groups in total. The van der Waals surface area contributed by atoms with Crippen molar-refractivity contribution in [1.82, 2.24) is 14.8 Å². The van der Waals surface area contributed by atoms with Crippen molar-refractivity contribution in [3.05, 3.63) is 65.2 Å². The molecule has 1 aromatic heterocycles. The van der Waals surface area contributed by atoms with Crippen molar-refractivity contribution in [3.8, 4) is 11.4 Å². The fraction of sp³-hybridized carbons (Fsp3) is 0.375. The van der Waals surface area contributed by atoms with Gasteiger partial charge in [0.15, 0.2) is 5.82 Å². The van der Waals surface area contributed by atoms with Crippen LogP contribution in [0.3, 0.4) is 0 Å². The van der Waals surface area contributed by atoms with Crippen LogP contribution in [0.15, 0.2) is 47.5 Å². The predicted molar refractivity (Wildman–Crippen MR) is 124 cm³/mol. The second kappa shape index (κ2) is 7.28. The Morgan fingerprint density at radius 3 is 2.31 bits per heavy atom. The molecule has 2 aliphatic rings. The Morgan fingerprint density at radius 2 is 1.66 bits per heavy atom. The van der Waals surface area contributed by atoms with E-state index < -0.39 is 7.12 Å². The van der Waals surface area contributed by atoms with Crippen LogP contribution >= 0.6 is 0 Å². The lowest BCUT2D eigenvalue weighted by Crippen LogP contribution is -2.41. The van der Waals surface area contributed by atoms with Gasteiger partial charge in [-0.25, -0.2) is 0 Å². The fourth-order valence-electron chi connectivity index (χ4n) is 4.11. The average Bonchev–Trinajstić information content (AvgIpc) is 3.16. The number of benzene rings is 2. The number of aryl methyl sites for hydroxylation is 1. The summed E-state index contributed by atoms with van der Waals surface area (Å²) in [6.45, 7) is 10.7. The number of fused-ring (bicyclic) bond motifs is 3. The molecular formula is C24H27BN4O3. The third-order valence-electron chi connectivity index (χ3n) is 6.68. The summed E-state index contributed by atoms with van der Waals surface area (Å²) in [7, 11) is 1.28. The number of ether oxygens (including phenoxy) is 1. The fourth-order valence-corrected chi connectivity index (χ4v) is 4.11. The molecule has 0 amide bonds. The number of rotatable bonds is 3. The van der Waals surface area contributed by atoms with Gasteiger partial charge >= 0.3 is 7.12 Å². The van der Waals surface area contributed by atoms with Gasteiger partial charge in [0.05, 0.1) is 29.7 Å². The highest BCUT2D eigenvalue weighted by molar-refractivity contribution is 6.62. The minimum absolute atomic E-state index is 0.371. The molecule has 0 saturated carbocycles. The molecule has 8 heteroatoms. The van der Waals surface area contributed by atoms with Gasteiger partial charge in [-0.3, -0.25) is 9.56 Å². The van der Waals surface area contributed by atoms with Crippen molar-refractivity contribution < 1.29 is 14.0 Å². The van der Waals surface area contributed by atoms with Gasteiger partial charge in [0.25, 0.3) is 0 Å². The second-order valence-corrected chi connectivity index (χ2v) is 9.26. The van der Waals surface area contributed by atoms with E-state index in [1.54, 1.807) is 7.11 Å². The lowest BCUT2D eigenvalue weighted by Gasteiger charge is -2.32. The monoisotopic (exact) mass is 430 g/mol. The zero-order valence-corrected chi connectivity index (χ0v) is 19.3. The van der Waals surface area contributed by atoms with Crippen LogP contribution in [-0.4, -0.2) is 45.9 Å². The van der Waals surface area contributed by atoms with Gasteiger partial charge in [-0.1, -0.05) is 24.3 Å². The largest absolute Gasteiger partial charge is 0.497 e. The van der Waals surface area contributed by atoms with E-state index in [0.717, 1.165) is 45.4 Å². The Kier molecular flexibility index (Phi) is 4.76. The molecule has 0 unspecified atom stereocenters. The van der Waals surface area contributed by atoms with Crippen molar-refractivity contribution >= 4 is 18.3 Å². The number of hydrogen-bond donors (Lipinski definition) is 0. The first-order valence-electron chi connectivity index (χ1n) is 10.8. The van der Waals surface area contributed by atoms with Crippen molar-refractivity contribution in [2.75, 3.05) is 7.11 Å². The molecule has 0 spiro atoms. The molecule has 164 valence electrons. The summed E-state index contributed by atoms with van der Waals surface area (Å²) in [6.07, 6.45) is 0. The molecule has 32 heavy (non-hydrogen) atoms. The summed E-state index contributed by atoms with van der Waals surface area (Å²) in [5, 5.41) is 8.56. The highest BCUT2D eigenvalue weighted by Crippen LogP contribution is 2.36. The highest BCUT2D eigenvalue weighted by Gasteiger charge is 2.51. The Hall–Kier alpha value is -2.97. The summed E-state index contributed by atoms with van der Waals surface area (Å²) in [6, 6.07) is 14.3. The number of aromatic nitrogens is 3. The van der Waals surface area contributed by atoms with Crippen LogP contribution in [0.5, 0.6) is 5.75 Å². The summed E-state index contributed by atoms with van der Waals surface area (Å²) in [4.78, 5) is 4.91. The molecular weight excluding hydrogens is 403 g/mol. The minimum Gasteiger partial charge on any atom is -0.497 e. The van der Waals surface area contributed by atoms with E-state index in [4.69, 9.17) is 19.0 Å². The van der Waals surface area contributed by atoms with Crippen molar-refractivity contribution in [2.24, 2.45) is 4.99 Å². The van der Waals surface area contributed by atoms with E-state index >= 15 is 0 Å². The van der Waals surface area contributed by atoms with E-state index in [2.05, 4.69) is 66.7 Å². The summed E-state index contributed by atoms with van der Waals surface area (Å²) in [5.41, 5.74) is 4.12. The number of hydrogen-bond acceptors (Lipinski definition) is 6. The summed E-state index contributed by atoms with van der Waals surface area (Å²) < 4.78 is 20.0. The Bertz CT molecular complexity index is 1200. The van der Waals surface area contributed by atoms with E-state index in [-0.39, 0.29) is 11.2 Å². The van der Waals surface area contributed by atoms with Crippen molar-refractivity contribution in [1.29, 1.82) is 0 Å². The quantitative estimate of drug-likeness (QED) is 0.597. The average molecular weight is 430 g/mol. The van der Waals surface area contributed by atoms with Crippen LogP contribution in [0.1, 0.15) is 50.5 Å². The van der Waals surface area contributed by atoms with Gasteiger partial charge < -0.3 is 14.0 Å². The number of aliphatic imine (C=N–C) groups is 1. The van der Waals surface area contributed by atoms with Crippen LogP contribution in [-0.2, 0) is 15.9 Å². The second-order valence-electron chi connectivity index (χ2n) is 9.26. The van der Waals surface area contributed by atoms with E-state index in [1.807, 2.05) is 25.1 Å². The number of nitrogens with zero attached hydrogens (tertiary/aromatic N) is 4. The Balaban J connectivity index is 1.54. The lowest BCUT2D eigenvalue weighted by molar-refractivity contribution is 0.00578. The van der Waals surface area contributed by atoms with Crippen LogP contribution < -0.4 is 10.2 Å². The van der Waals surface area contributed by atoms with Crippen molar-refractivity contribution in [3.63, 3.8) is 0 Å². The topological polar surface area (TPSA) is 70.8 Å². The molecule has 1 fully saturated rings. The van der Waals surface area contributed by atoms with Gasteiger partial charge in [-0.2, -0.15) is 0 Å². The zero-order valence-electron chi connectivity index (χ0n) is 19.3. The molecule has 1 saturated heterocycles. The Morgan fingerprint density at radius 1 is 0.969 bits per heavy atom. The lowest BCUT2D eigenvalue weighted by atomic mass is 9.78. The van der Waals surface area contributed by atoms with Crippen LogP contribution in [0.25, 0.3) is 5.69 Å². The van der Waals surface area contributed by atoms with E-state index in [9.17, 15) is 0 Å². The molecule has 3 aromatic rings. The third kappa shape index (κ3) is 3.25. The zero-order chi connectivity index (χ0) is 22.7. The smallest absolute Gasteiger partial charge is 0.494 e. The van der Waals surface area contributed by atoms with Gasteiger partial charge in [0, 0.05) is 11.1 Å². The highest BCUT2D eigenvalue weighted by atomic mass is 16.7. The van der Waals surface area contributed by atoms with Crippen LogP contribution in [0.4, 0.5) is 0 Å². The molecule has 0 radical (unpaired) electrons. The molecule has 0 atom stereocenters. The number of methoxy groups -OCH3 is 1. The first-order valence-corrected chi connectivity index (χ1v) is 10.8. The van der Waals surface area contributed by atoms with E-state index in [1.165, 1.54) is 0 Å². The molecule has 0 aliphatic carbocycles. The SMILES string of the molecule is COc1ccc2c(c1)C(c1ccc(B3OC(C)(C)C(C)(C)O3)cc1)=NCc1nnc(C)n1-2. The van der Waals surface area contributed by atoms with Gasteiger partial charge in [0.2, 0.25) is 0 Å². The van der Waals surface area contributed by atoms with Crippen molar-refractivity contribution in [2.45, 2.75) is 52.4 Å². The molecule has 5 rings (SSSR count). The van der Waals surface area contributed by atoms with Crippen LogP contribution in [0, 0.1) is 6.92 Å². The first-order chi connectivity index (χ1) is 15.2. The molecule has 0 bridgehead atoms. The third-order valence-corrected chi connectivity index (χ3v) is 6.68. The molecule has 2 aliphatic heterocycles. The summed E-state index contributed by atoms with van der Waals surface area (Å²) >= 11 is 0. The van der Waals surface area contributed by atoms with Gasteiger partial charge in [-0.05, 0) is 58.3 Å². The summed E-state index contributed by atoms with van der Waals surface area (Å²) in [5.74, 6) is 2.43. The standard InChI is InChI=1S/C24H27BN4O3/c1-15-27-28-21-14-26-22(19-13-18(30-6)11-12-20(19)29(15)21)16-7-9-17(10-8-16)25-31-23(2,3)24(4,5)32-25/h7-13H,14H2,1-6H3. The minimum atomic E-state index is -0.392. The molecule has 3 heterocycles. The Labute approximate surface area is 188 Å². The van der Waals surface area contributed by atoms with Gasteiger partial charge in [0.1, 0.15) is 18.1 Å².